The Morgan fingerprint density at radius 1 is 1.35 bits per heavy atom. The third-order valence-electron chi connectivity index (χ3n) is 2.72. The lowest BCUT2D eigenvalue weighted by molar-refractivity contribution is -0.118. The minimum atomic E-state index is -1.02. The number of primary amides is 1. The molecule has 4 N–H and O–H groups in total. The first kappa shape index (κ1) is 15.5. The summed E-state index contributed by atoms with van der Waals surface area (Å²) in [6.07, 6.45) is 0. The van der Waals surface area contributed by atoms with Crippen molar-refractivity contribution in [3.8, 4) is 0 Å². The molecular weight excluding hydrogens is 262 g/mol. The quantitative estimate of drug-likeness (QED) is 0.747. The second-order valence-corrected chi connectivity index (χ2v) is 4.25. The van der Waals surface area contributed by atoms with Gasteiger partial charge in [0.15, 0.2) is 0 Å². The van der Waals surface area contributed by atoms with Crippen LogP contribution in [0.2, 0.25) is 0 Å². The average Bonchev–Trinajstić information content (AvgIpc) is 2.35. The molecule has 7 heteroatoms. The maximum atomic E-state index is 11.9. The summed E-state index contributed by atoms with van der Waals surface area (Å²) in [6.45, 7) is 3.52. The lowest BCUT2D eigenvalue weighted by Crippen LogP contribution is -2.40. The van der Waals surface area contributed by atoms with Gasteiger partial charge in [-0.15, -0.1) is 0 Å². The molecule has 1 aromatic carbocycles. The van der Waals surface area contributed by atoms with E-state index in [1.54, 1.807) is 19.9 Å². The van der Waals surface area contributed by atoms with Crippen LogP contribution in [0.3, 0.4) is 0 Å². The van der Waals surface area contributed by atoms with E-state index in [1.165, 1.54) is 17.0 Å². The predicted molar refractivity (Wildman–Crippen MR) is 73.6 cm³/mol. The van der Waals surface area contributed by atoms with Gasteiger partial charge >= 0.3 is 12.0 Å². The summed E-state index contributed by atoms with van der Waals surface area (Å²) in [6, 6.07) is 4.00. The van der Waals surface area contributed by atoms with Crippen molar-refractivity contribution in [2.24, 2.45) is 5.73 Å². The molecule has 0 bridgehead atoms. The van der Waals surface area contributed by atoms with Gasteiger partial charge in [-0.25, -0.2) is 9.59 Å². The Morgan fingerprint density at radius 3 is 2.45 bits per heavy atom. The summed E-state index contributed by atoms with van der Waals surface area (Å²) in [5.74, 6) is -1.62. The van der Waals surface area contributed by atoms with Gasteiger partial charge in [0.2, 0.25) is 5.91 Å². The van der Waals surface area contributed by atoms with Gasteiger partial charge in [0.05, 0.1) is 5.56 Å². The van der Waals surface area contributed by atoms with Crippen LogP contribution in [-0.4, -0.2) is 41.0 Å². The van der Waals surface area contributed by atoms with Crippen molar-refractivity contribution in [2.75, 3.05) is 18.4 Å². The van der Waals surface area contributed by atoms with Crippen LogP contribution in [0.5, 0.6) is 0 Å². The maximum Gasteiger partial charge on any atom is 0.335 e. The van der Waals surface area contributed by atoms with E-state index in [1.807, 2.05) is 0 Å². The molecule has 0 spiro atoms. The van der Waals surface area contributed by atoms with Crippen LogP contribution in [0.15, 0.2) is 18.2 Å². The summed E-state index contributed by atoms with van der Waals surface area (Å²) in [5.41, 5.74) is 6.22. The predicted octanol–water partition coefficient (Wildman–Crippen LogP) is 1.03. The molecule has 0 fully saturated rings. The maximum absolute atomic E-state index is 11.9. The first-order valence-electron chi connectivity index (χ1n) is 6.03. The smallest absolute Gasteiger partial charge is 0.335 e. The van der Waals surface area contributed by atoms with Gasteiger partial charge in [0, 0.05) is 12.2 Å². The molecule has 0 aliphatic carbocycles. The molecule has 1 rings (SSSR count). The number of benzene rings is 1. The molecule has 0 aliphatic rings. The van der Waals surface area contributed by atoms with Crippen LogP contribution in [0, 0.1) is 6.92 Å². The summed E-state index contributed by atoms with van der Waals surface area (Å²) in [4.78, 5) is 34.9. The molecule has 0 aromatic heterocycles. The fraction of sp³-hybridized carbons (Fsp3) is 0.308. The van der Waals surface area contributed by atoms with Crippen LogP contribution < -0.4 is 11.1 Å². The van der Waals surface area contributed by atoms with E-state index in [0.717, 1.165) is 0 Å². The van der Waals surface area contributed by atoms with Crippen molar-refractivity contribution in [3.63, 3.8) is 0 Å². The number of carboxylic acid groups (broad SMARTS) is 1. The number of nitrogens with two attached hydrogens (primary N) is 1. The van der Waals surface area contributed by atoms with Crippen molar-refractivity contribution < 1.29 is 19.5 Å². The highest BCUT2D eigenvalue weighted by Gasteiger charge is 2.14. The molecule has 7 nitrogen and oxygen atoms in total. The number of aryl methyl sites for hydroxylation is 1. The van der Waals surface area contributed by atoms with Crippen molar-refractivity contribution in [3.05, 3.63) is 29.3 Å². The second kappa shape index (κ2) is 6.55. The number of carbonyl (C=O) groups is 3. The zero-order valence-corrected chi connectivity index (χ0v) is 11.3. The van der Waals surface area contributed by atoms with E-state index >= 15 is 0 Å². The van der Waals surface area contributed by atoms with E-state index in [2.05, 4.69) is 5.32 Å². The fourth-order valence-electron chi connectivity index (χ4n) is 1.70. The van der Waals surface area contributed by atoms with E-state index < -0.39 is 17.9 Å². The summed E-state index contributed by atoms with van der Waals surface area (Å²) >= 11 is 0. The highest BCUT2D eigenvalue weighted by molar-refractivity contribution is 5.94. The van der Waals surface area contributed by atoms with E-state index in [4.69, 9.17) is 10.8 Å². The molecule has 1 aromatic rings. The molecule has 0 atom stereocenters. The van der Waals surface area contributed by atoms with E-state index in [9.17, 15) is 14.4 Å². The van der Waals surface area contributed by atoms with Crippen LogP contribution >= 0.6 is 0 Å². The van der Waals surface area contributed by atoms with Crippen molar-refractivity contribution in [2.45, 2.75) is 13.8 Å². The molecule has 20 heavy (non-hydrogen) atoms. The van der Waals surface area contributed by atoms with E-state index in [0.29, 0.717) is 17.8 Å². The van der Waals surface area contributed by atoms with Gasteiger partial charge in [-0.2, -0.15) is 0 Å². The molecule has 108 valence electrons. The van der Waals surface area contributed by atoms with Gasteiger partial charge in [0.25, 0.3) is 0 Å². The standard InChI is InChI=1S/C13H17N3O4/c1-3-16(7-11(14)17)13(20)15-9-4-5-10(12(18)19)8(2)6-9/h4-6H,3,7H2,1-2H3,(H2,14,17)(H,15,20)(H,18,19). The number of hydrogen-bond donors (Lipinski definition) is 3. The van der Waals surface area contributed by atoms with E-state index in [-0.39, 0.29) is 12.1 Å². The number of likely N-dealkylation sites (N-methyl/N-ethyl adjacent to an activating group) is 1. The number of rotatable bonds is 5. The summed E-state index contributed by atoms with van der Waals surface area (Å²) in [5, 5.41) is 11.5. The Hall–Kier alpha value is -2.57. The molecule has 0 aliphatic heterocycles. The number of carboxylic acids is 1. The SMILES string of the molecule is CCN(CC(N)=O)C(=O)Nc1ccc(C(=O)O)c(C)c1. The molecule has 0 unspecified atom stereocenters. The number of hydrogen-bond acceptors (Lipinski definition) is 3. The molecule has 0 saturated heterocycles. The zero-order chi connectivity index (χ0) is 15.3. The van der Waals surface area contributed by atoms with Gasteiger partial charge in [-0.1, -0.05) is 0 Å². The molecule has 0 heterocycles. The molecule has 0 saturated carbocycles. The third kappa shape index (κ3) is 3.98. The van der Waals surface area contributed by atoms with Crippen LogP contribution in [-0.2, 0) is 4.79 Å². The number of nitrogens with zero attached hydrogens (tertiary/aromatic N) is 1. The number of urea groups is 1. The molecule has 3 amide bonds. The second-order valence-electron chi connectivity index (χ2n) is 4.25. The zero-order valence-electron chi connectivity index (χ0n) is 11.3. The normalized spacial score (nSPS) is 9.90. The monoisotopic (exact) mass is 279 g/mol. The van der Waals surface area contributed by atoms with Crippen molar-refractivity contribution >= 4 is 23.6 Å². The minimum Gasteiger partial charge on any atom is -0.478 e. The van der Waals surface area contributed by atoms with Crippen molar-refractivity contribution in [1.82, 2.24) is 4.90 Å². The minimum absolute atomic E-state index is 0.172. The average molecular weight is 279 g/mol. The fourth-order valence-corrected chi connectivity index (χ4v) is 1.70. The highest BCUT2D eigenvalue weighted by atomic mass is 16.4. The lowest BCUT2D eigenvalue weighted by atomic mass is 10.1. The highest BCUT2D eigenvalue weighted by Crippen LogP contribution is 2.15. The summed E-state index contributed by atoms with van der Waals surface area (Å²) in [7, 11) is 0. The Balaban J connectivity index is 2.82. The Labute approximate surface area is 116 Å². The van der Waals surface area contributed by atoms with Gasteiger partial charge in [0.1, 0.15) is 6.54 Å². The topological polar surface area (TPSA) is 113 Å². The van der Waals surface area contributed by atoms with Gasteiger partial charge < -0.3 is 21.1 Å². The summed E-state index contributed by atoms with van der Waals surface area (Å²) < 4.78 is 0. The van der Waals surface area contributed by atoms with Crippen LogP contribution in [0.25, 0.3) is 0 Å². The van der Waals surface area contributed by atoms with Gasteiger partial charge in [-0.05, 0) is 37.6 Å². The van der Waals surface area contributed by atoms with Crippen LogP contribution in [0.4, 0.5) is 10.5 Å². The first-order chi connectivity index (χ1) is 9.35. The van der Waals surface area contributed by atoms with Crippen molar-refractivity contribution in [1.29, 1.82) is 0 Å². The number of anilines is 1. The first-order valence-corrected chi connectivity index (χ1v) is 6.03. The third-order valence-corrected chi connectivity index (χ3v) is 2.72. The van der Waals surface area contributed by atoms with Crippen LogP contribution in [0.1, 0.15) is 22.8 Å². The number of aromatic carboxylic acids is 1. The Morgan fingerprint density at radius 2 is 2.00 bits per heavy atom. The molecule has 0 radical (unpaired) electrons. The molecular formula is C13H17N3O4. The Bertz CT molecular complexity index is 542. The number of nitrogens with one attached hydrogen (secondary N) is 1. The lowest BCUT2D eigenvalue weighted by Gasteiger charge is -2.19. The number of amides is 3. The number of carbonyl (C=O) groups excluding carboxylic acids is 2. The Kier molecular flexibility index (Phi) is 5.08. The van der Waals surface area contributed by atoms with Gasteiger partial charge in [-0.3, -0.25) is 4.79 Å². The largest absolute Gasteiger partial charge is 0.478 e.